The molecule has 0 fully saturated rings. The first-order valence-corrected chi connectivity index (χ1v) is 7.19. The van der Waals surface area contributed by atoms with Crippen LogP contribution in [0.5, 0.6) is 5.75 Å². The van der Waals surface area contributed by atoms with Gasteiger partial charge in [0.15, 0.2) is 0 Å². The van der Waals surface area contributed by atoms with Crippen LogP contribution in [0.2, 0.25) is 0 Å². The third-order valence-electron chi connectivity index (χ3n) is 3.96. The van der Waals surface area contributed by atoms with Gasteiger partial charge in [0.05, 0.1) is 0 Å². The number of rotatable bonds is 2. The summed E-state index contributed by atoms with van der Waals surface area (Å²) in [5.41, 5.74) is 4.55. The van der Waals surface area contributed by atoms with Gasteiger partial charge < -0.3 is 5.11 Å². The molecule has 2 aromatic carbocycles. The third kappa shape index (κ3) is 2.87. The van der Waals surface area contributed by atoms with Gasteiger partial charge in [0.1, 0.15) is 5.75 Å². The summed E-state index contributed by atoms with van der Waals surface area (Å²) in [4.78, 5) is 0. The predicted molar refractivity (Wildman–Crippen MR) is 85.5 cm³/mol. The smallest absolute Gasteiger partial charge is 0.122 e. The second-order valence-electron chi connectivity index (χ2n) is 6.61. The van der Waals surface area contributed by atoms with E-state index in [1.165, 1.54) is 11.1 Å². The van der Waals surface area contributed by atoms with Crippen LogP contribution < -0.4 is 0 Å². The lowest BCUT2D eigenvalue weighted by atomic mass is 9.82. The molecular weight excluding hydrogens is 244 g/mol. The molecule has 0 radical (unpaired) electrons. The van der Waals surface area contributed by atoms with Crippen LogP contribution in [-0.4, -0.2) is 5.11 Å². The average Bonchev–Trinajstić information content (AvgIpc) is 2.40. The van der Waals surface area contributed by atoms with E-state index >= 15 is 0 Å². The van der Waals surface area contributed by atoms with E-state index in [0.29, 0.717) is 5.75 Å². The summed E-state index contributed by atoms with van der Waals surface area (Å²) < 4.78 is 0. The first-order chi connectivity index (χ1) is 9.30. The molecule has 0 saturated heterocycles. The van der Waals surface area contributed by atoms with Gasteiger partial charge in [-0.3, -0.25) is 0 Å². The van der Waals surface area contributed by atoms with E-state index in [0.717, 1.165) is 11.1 Å². The van der Waals surface area contributed by atoms with Crippen molar-refractivity contribution in [2.45, 2.75) is 46.0 Å². The van der Waals surface area contributed by atoms with E-state index in [1.807, 2.05) is 25.1 Å². The van der Waals surface area contributed by atoms with Gasteiger partial charge in [-0.1, -0.05) is 70.2 Å². The standard InChI is InChI=1S/C19H24O/c1-13-11-16(19(3,4)5)12-17(18(13)20)14(2)15-9-7-6-8-10-15/h6-12,14,20H,1-5H3. The molecule has 1 nitrogen and oxygen atoms in total. The lowest BCUT2D eigenvalue weighted by molar-refractivity contribution is 0.460. The topological polar surface area (TPSA) is 20.2 Å². The lowest BCUT2D eigenvalue weighted by Gasteiger charge is -2.24. The Kier molecular flexibility index (Phi) is 3.89. The number of hydrogen-bond acceptors (Lipinski definition) is 1. The minimum atomic E-state index is 0.0869. The molecular formula is C19H24O. The highest BCUT2D eigenvalue weighted by molar-refractivity contribution is 5.49. The number of aromatic hydroxyl groups is 1. The molecule has 106 valence electrons. The van der Waals surface area contributed by atoms with Gasteiger partial charge in [0, 0.05) is 11.5 Å². The normalized spacial score (nSPS) is 13.2. The fraction of sp³-hybridized carbons (Fsp3) is 0.368. The molecule has 1 heteroatoms. The Morgan fingerprint density at radius 3 is 2.15 bits per heavy atom. The van der Waals surface area contributed by atoms with Crippen LogP contribution in [0.15, 0.2) is 42.5 Å². The summed E-state index contributed by atoms with van der Waals surface area (Å²) in [7, 11) is 0. The molecule has 1 N–H and O–H groups in total. The van der Waals surface area contributed by atoms with Crippen molar-refractivity contribution < 1.29 is 5.11 Å². The molecule has 2 rings (SSSR count). The molecule has 2 aromatic rings. The molecule has 0 aliphatic carbocycles. The number of hydrogen-bond donors (Lipinski definition) is 1. The molecule has 0 amide bonds. The van der Waals surface area contributed by atoms with Crippen LogP contribution in [0.4, 0.5) is 0 Å². The zero-order chi connectivity index (χ0) is 14.9. The van der Waals surface area contributed by atoms with Gasteiger partial charge in [0.25, 0.3) is 0 Å². The van der Waals surface area contributed by atoms with Crippen molar-refractivity contribution in [1.82, 2.24) is 0 Å². The van der Waals surface area contributed by atoms with Crippen molar-refractivity contribution in [3.63, 3.8) is 0 Å². The van der Waals surface area contributed by atoms with Gasteiger partial charge >= 0.3 is 0 Å². The first-order valence-electron chi connectivity index (χ1n) is 7.19. The fourth-order valence-corrected chi connectivity index (χ4v) is 2.49. The molecule has 0 bridgehead atoms. The quantitative estimate of drug-likeness (QED) is 0.798. The summed E-state index contributed by atoms with van der Waals surface area (Å²) in [5.74, 6) is 0.617. The van der Waals surface area contributed by atoms with Crippen LogP contribution in [0, 0.1) is 6.92 Å². The highest BCUT2D eigenvalue weighted by atomic mass is 16.3. The summed E-state index contributed by atoms with van der Waals surface area (Å²) in [6, 6.07) is 14.6. The van der Waals surface area contributed by atoms with Gasteiger partial charge in [-0.05, 0) is 29.0 Å². The second kappa shape index (κ2) is 5.32. The monoisotopic (exact) mass is 268 g/mol. The Bertz CT molecular complexity index is 591. The SMILES string of the molecule is Cc1cc(C(C)(C)C)cc(C(C)c2ccccc2)c1O. The summed E-state index contributed by atoms with van der Waals surface area (Å²) in [6.45, 7) is 10.7. The van der Waals surface area contributed by atoms with E-state index in [9.17, 15) is 5.11 Å². The van der Waals surface area contributed by atoms with E-state index < -0.39 is 0 Å². The van der Waals surface area contributed by atoms with Crippen LogP contribution >= 0.6 is 0 Å². The predicted octanol–water partition coefficient (Wildman–Crippen LogP) is 5.15. The first kappa shape index (κ1) is 14.6. The maximum Gasteiger partial charge on any atom is 0.122 e. The van der Waals surface area contributed by atoms with Crippen molar-refractivity contribution in [3.8, 4) is 5.75 Å². The zero-order valence-electron chi connectivity index (χ0n) is 13.1. The summed E-state index contributed by atoms with van der Waals surface area (Å²) in [6.07, 6.45) is 0. The summed E-state index contributed by atoms with van der Waals surface area (Å²) in [5, 5.41) is 10.4. The molecule has 1 atom stereocenters. The van der Waals surface area contributed by atoms with Crippen LogP contribution in [0.25, 0.3) is 0 Å². The fourth-order valence-electron chi connectivity index (χ4n) is 2.49. The van der Waals surface area contributed by atoms with Crippen LogP contribution in [0.1, 0.15) is 55.9 Å². The largest absolute Gasteiger partial charge is 0.507 e. The Morgan fingerprint density at radius 1 is 1.00 bits per heavy atom. The van der Waals surface area contributed by atoms with Gasteiger partial charge in [0.2, 0.25) is 0 Å². The molecule has 0 aromatic heterocycles. The second-order valence-corrected chi connectivity index (χ2v) is 6.61. The number of phenols is 1. The Balaban J connectivity index is 2.54. The van der Waals surface area contributed by atoms with Crippen molar-refractivity contribution in [2.24, 2.45) is 0 Å². The number of benzene rings is 2. The maximum atomic E-state index is 10.4. The van der Waals surface area contributed by atoms with Gasteiger partial charge in [-0.25, -0.2) is 0 Å². The van der Waals surface area contributed by atoms with Crippen molar-refractivity contribution in [3.05, 3.63) is 64.7 Å². The molecule has 20 heavy (non-hydrogen) atoms. The van der Waals surface area contributed by atoms with Gasteiger partial charge in [-0.15, -0.1) is 0 Å². The molecule has 0 aliphatic rings. The highest BCUT2D eigenvalue weighted by Gasteiger charge is 2.20. The molecule has 0 aliphatic heterocycles. The highest BCUT2D eigenvalue weighted by Crippen LogP contribution is 2.37. The molecule has 0 heterocycles. The molecule has 0 saturated carbocycles. The summed E-state index contributed by atoms with van der Waals surface area (Å²) >= 11 is 0. The van der Waals surface area contributed by atoms with E-state index in [4.69, 9.17) is 0 Å². The zero-order valence-corrected chi connectivity index (χ0v) is 13.1. The Labute approximate surface area is 122 Å². The minimum absolute atomic E-state index is 0.0869. The minimum Gasteiger partial charge on any atom is -0.507 e. The average molecular weight is 268 g/mol. The number of phenolic OH excluding ortho intramolecular Hbond substituents is 1. The maximum absolute atomic E-state index is 10.4. The van der Waals surface area contributed by atoms with Crippen molar-refractivity contribution in [1.29, 1.82) is 0 Å². The van der Waals surface area contributed by atoms with E-state index in [2.05, 4.69) is 52.0 Å². The van der Waals surface area contributed by atoms with E-state index in [1.54, 1.807) is 0 Å². The number of aryl methyl sites for hydroxylation is 1. The van der Waals surface area contributed by atoms with Gasteiger partial charge in [-0.2, -0.15) is 0 Å². The molecule has 0 spiro atoms. The lowest BCUT2D eigenvalue weighted by Crippen LogP contribution is -2.12. The van der Waals surface area contributed by atoms with Crippen LogP contribution in [-0.2, 0) is 5.41 Å². The Morgan fingerprint density at radius 2 is 1.60 bits per heavy atom. The van der Waals surface area contributed by atoms with Crippen molar-refractivity contribution >= 4 is 0 Å². The van der Waals surface area contributed by atoms with Crippen LogP contribution in [0.3, 0.4) is 0 Å². The third-order valence-corrected chi connectivity index (χ3v) is 3.96. The van der Waals surface area contributed by atoms with Crippen molar-refractivity contribution in [2.75, 3.05) is 0 Å². The molecule has 1 unspecified atom stereocenters. The van der Waals surface area contributed by atoms with E-state index in [-0.39, 0.29) is 11.3 Å². The Hall–Kier alpha value is -1.76.